The second-order valence-electron chi connectivity index (χ2n) is 3.64. The average molecular weight is 376 g/mol. The van der Waals surface area contributed by atoms with Gasteiger partial charge in [0.25, 0.3) is 0 Å². The number of anilines is 1. The Morgan fingerprint density at radius 2 is 2.22 bits per heavy atom. The number of halogens is 2. The number of rotatable bonds is 4. The highest BCUT2D eigenvalue weighted by Crippen LogP contribution is 2.21. The number of hydrogen-bond acceptors (Lipinski definition) is 3. The van der Waals surface area contributed by atoms with E-state index in [1.165, 1.54) is 23.5 Å². The first kappa shape index (κ1) is 13.3. The van der Waals surface area contributed by atoms with Crippen molar-refractivity contribution in [3.05, 3.63) is 49.5 Å². The highest BCUT2D eigenvalue weighted by Gasteiger charge is 2.06. The molecule has 0 fully saturated rings. The van der Waals surface area contributed by atoms with Gasteiger partial charge in [0.05, 0.1) is 5.56 Å². The predicted molar refractivity (Wildman–Crippen MR) is 79.3 cm³/mol. The number of nitrogens with one attached hydrogen (secondary N) is 1. The maximum atomic E-state index is 12.9. The van der Waals surface area contributed by atoms with Crippen molar-refractivity contribution < 1.29 is 9.18 Å². The van der Waals surface area contributed by atoms with Crippen LogP contribution in [0, 0.1) is 9.39 Å². The third kappa shape index (κ3) is 3.20. The van der Waals surface area contributed by atoms with Gasteiger partial charge in [-0.1, -0.05) is 0 Å². The summed E-state index contributed by atoms with van der Waals surface area (Å²) >= 11 is 3.54. The molecule has 0 unspecified atom stereocenters. The van der Waals surface area contributed by atoms with Gasteiger partial charge in [-0.15, -0.1) is 11.3 Å². The molecule has 2 rings (SSSR count). The van der Waals surface area contributed by atoms with Gasteiger partial charge in [-0.2, -0.15) is 0 Å². The maximum absolute atomic E-state index is 12.9. The smallest absolute Gasteiger partial charge is 0.249 e. The molecule has 0 saturated carbocycles. The molecule has 94 valence electrons. The summed E-state index contributed by atoms with van der Waals surface area (Å²) in [6, 6.07) is 6.33. The van der Waals surface area contributed by atoms with E-state index in [-0.39, 0.29) is 5.82 Å². The number of amides is 1. The SMILES string of the molecule is NC(=O)c1csc(CNc2ccc(F)cc2I)c1. The highest BCUT2D eigenvalue weighted by molar-refractivity contribution is 14.1. The van der Waals surface area contributed by atoms with E-state index in [1.807, 2.05) is 0 Å². The van der Waals surface area contributed by atoms with Gasteiger partial charge in [0, 0.05) is 26.1 Å². The summed E-state index contributed by atoms with van der Waals surface area (Å²) in [5, 5.41) is 4.92. The average Bonchev–Trinajstić information content (AvgIpc) is 2.76. The highest BCUT2D eigenvalue weighted by atomic mass is 127. The van der Waals surface area contributed by atoms with Crippen LogP contribution in [0.4, 0.5) is 10.1 Å². The van der Waals surface area contributed by atoms with Crippen LogP contribution in [0.15, 0.2) is 29.6 Å². The Hall–Kier alpha value is -1.15. The molecule has 3 nitrogen and oxygen atoms in total. The monoisotopic (exact) mass is 376 g/mol. The van der Waals surface area contributed by atoms with E-state index in [9.17, 15) is 9.18 Å². The fourth-order valence-electron chi connectivity index (χ4n) is 1.42. The quantitative estimate of drug-likeness (QED) is 0.806. The van der Waals surface area contributed by atoms with Crippen LogP contribution >= 0.6 is 33.9 Å². The Labute approximate surface area is 121 Å². The van der Waals surface area contributed by atoms with Crippen LogP contribution in [0.5, 0.6) is 0 Å². The molecule has 0 radical (unpaired) electrons. The van der Waals surface area contributed by atoms with Crippen molar-refractivity contribution in [2.75, 3.05) is 5.32 Å². The minimum atomic E-state index is -0.422. The molecule has 1 amide bonds. The third-order valence-corrected chi connectivity index (χ3v) is 4.15. The summed E-state index contributed by atoms with van der Waals surface area (Å²) in [6.07, 6.45) is 0. The lowest BCUT2D eigenvalue weighted by Crippen LogP contribution is -2.09. The number of carbonyl (C=O) groups excluding carboxylic acids is 1. The predicted octanol–water partition coefficient (Wildman–Crippen LogP) is 3.20. The Morgan fingerprint density at radius 3 is 2.83 bits per heavy atom. The summed E-state index contributed by atoms with van der Waals surface area (Å²) in [7, 11) is 0. The van der Waals surface area contributed by atoms with Crippen molar-refractivity contribution in [2.45, 2.75) is 6.54 Å². The van der Waals surface area contributed by atoms with E-state index in [1.54, 1.807) is 17.5 Å². The zero-order chi connectivity index (χ0) is 13.1. The van der Waals surface area contributed by atoms with E-state index in [2.05, 4.69) is 27.9 Å². The molecule has 0 aliphatic heterocycles. The van der Waals surface area contributed by atoms with E-state index >= 15 is 0 Å². The molecule has 2 aromatic rings. The van der Waals surface area contributed by atoms with Crippen molar-refractivity contribution in [1.82, 2.24) is 0 Å². The fourth-order valence-corrected chi connectivity index (χ4v) is 2.90. The minimum Gasteiger partial charge on any atom is -0.379 e. The van der Waals surface area contributed by atoms with Crippen LogP contribution in [0.3, 0.4) is 0 Å². The molecule has 0 aliphatic rings. The Kier molecular flexibility index (Phi) is 4.18. The molecule has 1 aromatic carbocycles. The molecular formula is C12H10FIN2OS. The van der Waals surface area contributed by atoms with E-state index in [0.29, 0.717) is 12.1 Å². The number of benzene rings is 1. The van der Waals surface area contributed by atoms with Crippen LogP contribution in [0.2, 0.25) is 0 Å². The molecular weight excluding hydrogens is 366 g/mol. The summed E-state index contributed by atoms with van der Waals surface area (Å²) in [5.74, 6) is -0.675. The molecule has 18 heavy (non-hydrogen) atoms. The maximum Gasteiger partial charge on any atom is 0.249 e. The first-order valence-electron chi connectivity index (χ1n) is 5.12. The number of thiophene rings is 1. The van der Waals surface area contributed by atoms with Crippen molar-refractivity contribution in [2.24, 2.45) is 5.73 Å². The first-order chi connectivity index (χ1) is 8.56. The zero-order valence-corrected chi connectivity index (χ0v) is 12.2. The number of carbonyl (C=O) groups is 1. The first-order valence-corrected chi connectivity index (χ1v) is 7.08. The molecule has 3 N–H and O–H groups in total. The Bertz CT molecular complexity index is 585. The molecule has 0 bridgehead atoms. The van der Waals surface area contributed by atoms with Crippen LogP contribution < -0.4 is 11.1 Å². The molecule has 0 spiro atoms. The van der Waals surface area contributed by atoms with Crippen molar-refractivity contribution in [1.29, 1.82) is 0 Å². The van der Waals surface area contributed by atoms with E-state index in [4.69, 9.17) is 5.73 Å². The minimum absolute atomic E-state index is 0.253. The fraction of sp³-hybridized carbons (Fsp3) is 0.0833. The van der Waals surface area contributed by atoms with Crippen LogP contribution in [0.25, 0.3) is 0 Å². The molecule has 0 atom stereocenters. The van der Waals surface area contributed by atoms with E-state index < -0.39 is 5.91 Å². The van der Waals surface area contributed by atoms with Gasteiger partial charge in [0.2, 0.25) is 5.91 Å². The Balaban J connectivity index is 2.04. The van der Waals surface area contributed by atoms with Gasteiger partial charge < -0.3 is 11.1 Å². The van der Waals surface area contributed by atoms with Gasteiger partial charge in [-0.05, 0) is 46.9 Å². The normalized spacial score (nSPS) is 10.3. The summed E-state index contributed by atoms with van der Waals surface area (Å²) in [5.41, 5.74) is 6.57. The second kappa shape index (κ2) is 5.66. The summed E-state index contributed by atoms with van der Waals surface area (Å²) in [4.78, 5) is 11.9. The van der Waals surface area contributed by atoms with Gasteiger partial charge >= 0.3 is 0 Å². The Morgan fingerprint density at radius 1 is 1.44 bits per heavy atom. The number of nitrogens with two attached hydrogens (primary N) is 1. The standard InChI is InChI=1S/C12H10FIN2OS/c13-8-1-2-11(10(14)4-8)16-5-9-3-7(6-18-9)12(15)17/h1-4,6,16H,5H2,(H2,15,17). The number of primary amides is 1. The molecule has 1 aromatic heterocycles. The topological polar surface area (TPSA) is 55.1 Å². The third-order valence-electron chi connectivity index (χ3n) is 2.32. The lowest BCUT2D eigenvalue weighted by molar-refractivity contribution is 0.100. The van der Waals surface area contributed by atoms with Gasteiger partial charge in [-0.25, -0.2) is 4.39 Å². The van der Waals surface area contributed by atoms with Gasteiger partial charge in [0.15, 0.2) is 0 Å². The van der Waals surface area contributed by atoms with E-state index in [0.717, 1.165) is 14.1 Å². The summed E-state index contributed by atoms with van der Waals surface area (Å²) in [6.45, 7) is 0.583. The van der Waals surface area contributed by atoms with Crippen molar-refractivity contribution in [3.63, 3.8) is 0 Å². The van der Waals surface area contributed by atoms with Crippen LogP contribution in [-0.4, -0.2) is 5.91 Å². The number of hydrogen-bond donors (Lipinski definition) is 2. The van der Waals surface area contributed by atoms with Gasteiger partial charge in [0.1, 0.15) is 5.82 Å². The largest absolute Gasteiger partial charge is 0.379 e. The summed E-state index contributed by atoms with van der Waals surface area (Å²) < 4.78 is 13.7. The molecule has 0 saturated heterocycles. The molecule has 1 heterocycles. The van der Waals surface area contributed by atoms with Gasteiger partial charge in [-0.3, -0.25) is 4.79 Å². The lowest BCUT2D eigenvalue weighted by Gasteiger charge is -2.07. The van der Waals surface area contributed by atoms with Crippen molar-refractivity contribution in [3.8, 4) is 0 Å². The zero-order valence-electron chi connectivity index (χ0n) is 9.24. The van der Waals surface area contributed by atoms with Crippen LogP contribution in [0.1, 0.15) is 15.2 Å². The second-order valence-corrected chi connectivity index (χ2v) is 5.80. The molecule has 6 heteroatoms. The molecule has 0 aliphatic carbocycles. The lowest BCUT2D eigenvalue weighted by atomic mass is 10.3. The van der Waals surface area contributed by atoms with Crippen molar-refractivity contribution >= 4 is 45.5 Å². The van der Waals surface area contributed by atoms with Crippen LogP contribution in [-0.2, 0) is 6.54 Å².